The molecule has 0 spiro atoms. The van der Waals surface area contributed by atoms with Gasteiger partial charge < -0.3 is 15.0 Å². The van der Waals surface area contributed by atoms with E-state index in [2.05, 4.69) is 27.7 Å². The summed E-state index contributed by atoms with van der Waals surface area (Å²) in [4.78, 5) is 6.89. The molecular weight excluding hydrogens is 230 g/mol. The molecule has 1 saturated heterocycles. The van der Waals surface area contributed by atoms with Crippen molar-refractivity contribution in [2.75, 3.05) is 33.9 Å². The number of hydrogen-bond acceptors (Lipinski definition) is 4. The quantitative estimate of drug-likeness (QED) is 0.278. The van der Waals surface area contributed by atoms with E-state index in [1.165, 1.54) is 25.8 Å². The van der Waals surface area contributed by atoms with Gasteiger partial charge in [0, 0.05) is 19.2 Å². The Morgan fingerprint density at radius 1 is 1.56 bits per heavy atom. The van der Waals surface area contributed by atoms with Crippen LogP contribution >= 0.6 is 0 Å². The second-order valence-corrected chi connectivity index (χ2v) is 4.96. The van der Waals surface area contributed by atoms with Crippen molar-refractivity contribution in [1.82, 2.24) is 15.6 Å². The van der Waals surface area contributed by atoms with Crippen molar-refractivity contribution in [3.63, 3.8) is 0 Å². The maximum Gasteiger partial charge on any atom is 0.206 e. The van der Waals surface area contributed by atoms with Gasteiger partial charge in [-0.15, -0.1) is 0 Å². The van der Waals surface area contributed by atoms with E-state index in [-0.39, 0.29) is 6.04 Å². The smallest absolute Gasteiger partial charge is 0.206 e. The first-order valence-electron chi connectivity index (χ1n) is 6.64. The molecule has 1 heterocycles. The zero-order chi connectivity index (χ0) is 13.4. The Labute approximate surface area is 110 Å². The third kappa shape index (κ3) is 5.20. The lowest BCUT2D eigenvalue weighted by Gasteiger charge is -2.31. The minimum atomic E-state index is 0.189. The van der Waals surface area contributed by atoms with E-state index >= 15 is 0 Å². The molecule has 0 aromatic heterocycles. The highest BCUT2D eigenvalue weighted by Gasteiger charge is 2.18. The van der Waals surface area contributed by atoms with Crippen molar-refractivity contribution in [3.05, 3.63) is 0 Å². The average molecular weight is 257 g/mol. The molecule has 2 unspecified atom stereocenters. The van der Waals surface area contributed by atoms with Crippen LogP contribution in [0.15, 0.2) is 4.99 Å². The van der Waals surface area contributed by atoms with Gasteiger partial charge in [-0.2, -0.15) is 0 Å². The third-order valence-electron chi connectivity index (χ3n) is 3.32. The molecule has 0 aromatic carbocycles. The van der Waals surface area contributed by atoms with E-state index in [1.54, 1.807) is 7.11 Å². The summed E-state index contributed by atoms with van der Waals surface area (Å²) in [7, 11) is 3.84. The predicted octanol–water partition coefficient (Wildman–Crippen LogP) is -0.0855. The molecule has 106 valence electrons. The van der Waals surface area contributed by atoms with Crippen LogP contribution in [0.1, 0.15) is 26.2 Å². The summed E-state index contributed by atoms with van der Waals surface area (Å²) < 4.78 is 5.07. The third-order valence-corrected chi connectivity index (χ3v) is 3.32. The number of methoxy groups -OCH3 is 1. The Hall–Kier alpha value is -0.850. The Kier molecular flexibility index (Phi) is 7.00. The topological polar surface area (TPSA) is 74.9 Å². The Morgan fingerprint density at radius 2 is 2.33 bits per heavy atom. The largest absolute Gasteiger partial charge is 0.383 e. The van der Waals surface area contributed by atoms with Gasteiger partial charge in [0.25, 0.3) is 0 Å². The fourth-order valence-corrected chi connectivity index (χ4v) is 2.23. The van der Waals surface area contributed by atoms with Crippen LogP contribution in [0.2, 0.25) is 0 Å². The van der Waals surface area contributed by atoms with Crippen LogP contribution in [0.4, 0.5) is 0 Å². The lowest BCUT2D eigenvalue weighted by atomic mass is 10.0. The summed E-state index contributed by atoms with van der Waals surface area (Å²) >= 11 is 0. The number of hydrazine groups is 1. The fourth-order valence-electron chi connectivity index (χ4n) is 2.23. The number of nitrogens with one attached hydrogen (secondary N) is 2. The zero-order valence-corrected chi connectivity index (χ0v) is 11.8. The van der Waals surface area contributed by atoms with Gasteiger partial charge in [-0.1, -0.05) is 6.42 Å². The van der Waals surface area contributed by atoms with Crippen molar-refractivity contribution >= 4 is 5.96 Å². The lowest BCUT2D eigenvalue weighted by Crippen LogP contribution is -2.47. The van der Waals surface area contributed by atoms with Gasteiger partial charge in [0.15, 0.2) is 0 Å². The highest BCUT2D eigenvalue weighted by Crippen LogP contribution is 2.14. The molecule has 4 N–H and O–H groups in total. The Balaban J connectivity index is 2.40. The van der Waals surface area contributed by atoms with E-state index in [0.717, 1.165) is 6.54 Å². The van der Waals surface area contributed by atoms with Crippen molar-refractivity contribution in [3.8, 4) is 0 Å². The van der Waals surface area contributed by atoms with Gasteiger partial charge in [0.05, 0.1) is 13.2 Å². The van der Waals surface area contributed by atoms with Crippen LogP contribution in [0.25, 0.3) is 0 Å². The van der Waals surface area contributed by atoms with Crippen molar-refractivity contribution < 1.29 is 4.74 Å². The molecule has 18 heavy (non-hydrogen) atoms. The maximum absolute atomic E-state index is 5.47. The number of hydrogen-bond donors (Lipinski definition) is 3. The van der Waals surface area contributed by atoms with Gasteiger partial charge in [0.2, 0.25) is 5.96 Å². The highest BCUT2D eigenvalue weighted by molar-refractivity contribution is 5.79. The molecule has 2 atom stereocenters. The summed E-state index contributed by atoms with van der Waals surface area (Å²) in [5.74, 6) is 6.11. The first-order chi connectivity index (χ1) is 8.67. The zero-order valence-electron chi connectivity index (χ0n) is 11.8. The minimum absolute atomic E-state index is 0.189. The molecule has 6 heteroatoms. The van der Waals surface area contributed by atoms with Gasteiger partial charge in [-0.25, -0.2) is 5.84 Å². The Bertz CT molecular complexity index is 259. The lowest BCUT2D eigenvalue weighted by molar-refractivity contribution is 0.178. The molecule has 0 radical (unpaired) electrons. The number of rotatable bonds is 5. The first-order valence-corrected chi connectivity index (χ1v) is 6.64. The van der Waals surface area contributed by atoms with E-state index in [0.29, 0.717) is 18.6 Å². The number of piperidine rings is 1. The van der Waals surface area contributed by atoms with Gasteiger partial charge >= 0.3 is 0 Å². The second-order valence-electron chi connectivity index (χ2n) is 4.96. The number of nitrogens with zero attached hydrogens (tertiary/aromatic N) is 2. The standard InChI is InChI=1S/C12H27N5O/c1-10(9-18-3)15-12(16-13)14-8-11-6-4-5-7-17(11)2/h10-11H,4-9,13H2,1-3H3,(H2,14,15,16). The van der Waals surface area contributed by atoms with Crippen molar-refractivity contribution in [2.24, 2.45) is 10.8 Å². The normalized spacial score (nSPS) is 23.8. The molecule has 6 nitrogen and oxygen atoms in total. The first kappa shape index (κ1) is 15.2. The molecule has 0 amide bonds. The van der Waals surface area contributed by atoms with Crippen molar-refractivity contribution in [2.45, 2.75) is 38.3 Å². The molecule has 0 bridgehead atoms. The van der Waals surface area contributed by atoms with Gasteiger partial charge in [0.1, 0.15) is 0 Å². The molecular formula is C12H27N5O. The molecule has 0 aliphatic carbocycles. The highest BCUT2D eigenvalue weighted by atomic mass is 16.5. The van der Waals surface area contributed by atoms with Crippen molar-refractivity contribution in [1.29, 1.82) is 0 Å². The molecule has 1 fully saturated rings. The summed E-state index contributed by atoms with van der Waals surface area (Å²) in [5, 5.41) is 3.19. The predicted molar refractivity (Wildman–Crippen MR) is 74.4 cm³/mol. The average Bonchev–Trinajstić information content (AvgIpc) is 2.36. The fraction of sp³-hybridized carbons (Fsp3) is 0.917. The van der Waals surface area contributed by atoms with Gasteiger partial charge in [-0.05, 0) is 33.4 Å². The number of likely N-dealkylation sites (tertiary alicyclic amines) is 1. The van der Waals surface area contributed by atoms with Crippen LogP contribution in [0.3, 0.4) is 0 Å². The van der Waals surface area contributed by atoms with Crippen LogP contribution in [0.5, 0.6) is 0 Å². The molecule has 1 aliphatic heterocycles. The number of ether oxygens (including phenoxy) is 1. The summed E-state index contributed by atoms with van der Waals surface area (Å²) in [6, 6.07) is 0.718. The molecule has 1 aliphatic rings. The monoisotopic (exact) mass is 257 g/mol. The van der Waals surface area contributed by atoms with Crippen LogP contribution in [0, 0.1) is 0 Å². The number of guanidine groups is 1. The Morgan fingerprint density at radius 3 is 2.94 bits per heavy atom. The van der Waals surface area contributed by atoms with E-state index in [4.69, 9.17) is 10.6 Å². The number of likely N-dealkylation sites (N-methyl/N-ethyl adjacent to an activating group) is 1. The van der Waals surface area contributed by atoms with E-state index in [1.807, 2.05) is 6.92 Å². The molecule has 1 rings (SSSR count). The number of aliphatic imine (C=N–C) groups is 1. The van der Waals surface area contributed by atoms with E-state index in [9.17, 15) is 0 Å². The second kappa shape index (κ2) is 8.29. The van der Waals surface area contributed by atoms with E-state index < -0.39 is 0 Å². The van der Waals surface area contributed by atoms with Crippen LogP contribution < -0.4 is 16.6 Å². The van der Waals surface area contributed by atoms with Gasteiger partial charge in [-0.3, -0.25) is 10.4 Å². The number of nitrogens with two attached hydrogens (primary N) is 1. The minimum Gasteiger partial charge on any atom is -0.383 e. The summed E-state index contributed by atoms with van der Waals surface area (Å²) in [6.45, 7) is 4.61. The SMILES string of the molecule is COCC(C)NC(=NCC1CCCCN1C)NN. The summed E-state index contributed by atoms with van der Waals surface area (Å²) in [6.07, 6.45) is 3.80. The van der Waals surface area contributed by atoms with Crippen LogP contribution in [-0.2, 0) is 4.74 Å². The maximum atomic E-state index is 5.47. The van der Waals surface area contributed by atoms with Crippen LogP contribution in [-0.4, -0.2) is 56.8 Å². The molecule has 0 saturated carbocycles. The summed E-state index contributed by atoms with van der Waals surface area (Å²) in [5.41, 5.74) is 2.61. The molecule has 0 aromatic rings.